The van der Waals surface area contributed by atoms with Gasteiger partial charge in [0.05, 0.1) is 17.2 Å². The van der Waals surface area contributed by atoms with E-state index in [0.717, 1.165) is 6.07 Å². The minimum Gasteiger partial charge on any atom is -0.302 e. The van der Waals surface area contributed by atoms with E-state index in [1.165, 1.54) is 22.7 Å². The Morgan fingerprint density at radius 3 is 2.53 bits per heavy atom. The number of hydrogen-bond acceptors (Lipinski definition) is 2. The molecule has 1 heterocycles. The van der Waals surface area contributed by atoms with Gasteiger partial charge in [-0.2, -0.15) is 13.2 Å². The maximum Gasteiger partial charge on any atom is 0.419 e. The molecule has 1 fully saturated rings. The monoisotopic (exact) mass is 265 g/mol. The molecule has 1 saturated heterocycles. The lowest BCUT2D eigenvalue weighted by Crippen LogP contribution is -2.25. The Hall–Kier alpha value is -1.24. The molecule has 0 N–H and O–H groups in total. The van der Waals surface area contributed by atoms with Crippen LogP contribution >= 0.6 is 11.8 Å². The zero-order valence-electron chi connectivity index (χ0n) is 8.42. The fraction of sp³-hybridized carbons (Fsp3) is 0.300. The zero-order chi connectivity index (χ0) is 12.6. The highest BCUT2D eigenvalue weighted by Gasteiger charge is 2.35. The molecule has 0 aromatic heterocycles. The molecule has 1 aliphatic heterocycles. The van der Waals surface area contributed by atoms with Gasteiger partial charge in [0.1, 0.15) is 5.82 Å². The number of amides is 1. The van der Waals surface area contributed by atoms with E-state index in [2.05, 4.69) is 0 Å². The summed E-state index contributed by atoms with van der Waals surface area (Å²) in [6.45, 7) is 0. The summed E-state index contributed by atoms with van der Waals surface area (Å²) in [5, 5.41) is 0. The van der Waals surface area contributed by atoms with Crippen molar-refractivity contribution >= 4 is 23.4 Å². The largest absolute Gasteiger partial charge is 0.419 e. The van der Waals surface area contributed by atoms with Crippen LogP contribution in [-0.2, 0) is 11.0 Å². The number of halogens is 4. The fourth-order valence-electron chi connectivity index (χ4n) is 1.49. The van der Waals surface area contributed by atoms with Gasteiger partial charge in [0.15, 0.2) is 0 Å². The van der Waals surface area contributed by atoms with E-state index >= 15 is 0 Å². The van der Waals surface area contributed by atoms with E-state index in [1.54, 1.807) is 0 Å². The van der Waals surface area contributed by atoms with E-state index in [9.17, 15) is 22.4 Å². The first-order valence-electron chi connectivity index (χ1n) is 4.64. The number of carbonyl (C=O) groups is 1. The smallest absolute Gasteiger partial charge is 0.302 e. The van der Waals surface area contributed by atoms with E-state index in [-0.39, 0.29) is 17.3 Å². The SMILES string of the molecule is O=C1CSCN1c1ccc(F)c(C(F)(F)F)c1. The van der Waals surface area contributed by atoms with Gasteiger partial charge in [0.2, 0.25) is 5.91 Å². The normalized spacial score (nSPS) is 16.7. The molecule has 1 amide bonds. The molecule has 17 heavy (non-hydrogen) atoms. The number of benzene rings is 1. The van der Waals surface area contributed by atoms with Crippen LogP contribution in [0.4, 0.5) is 23.2 Å². The topological polar surface area (TPSA) is 20.3 Å². The Balaban J connectivity index is 2.41. The van der Waals surface area contributed by atoms with E-state index in [1.807, 2.05) is 0 Å². The van der Waals surface area contributed by atoms with Crippen molar-refractivity contribution in [2.45, 2.75) is 6.18 Å². The van der Waals surface area contributed by atoms with Crippen LogP contribution in [0.15, 0.2) is 18.2 Å². The number of rotatable bonds is 1. The van der Waals surface area contributed by atoms with E-state index in [0.29, 0.717) is 11.9 Å². The molecule has 2 nitrogen and oxygen atoms in total. The molecule has 0 radical (unpaired) electrons. The van der Waals surface area contributed by atoms with Gasteiger partial charge in [0, 0.05) is 5.69 Å². The number of carbonyl (C=O) groups excluding carboxylic acids is 1. The predicted octanol–water partition coefficient (Wildman–Crippen LogP) is 2.88. The van der Waals surface area contributed by atoms with Crippen molar-refractivity contribution < 1.29 is 22.4 Å². The van der Waals surface area contributed by atoms with Crippen LogP contribution in [0.2, 0.25) is 0 Å². The first kappa shape index (κ1) is 12.2. The first-order chi connectivity index (χ1) is 7.89. The molecule has 0 unspecified atom stereocenters. The van der Waals surface area contributed by atoms with Crippen molar-refractivity contribution in [2.24, 2.45) is 0 Å². The van der Waals surface area contributed by atoms with Gasteiger partial charge < -0.3 is 4.90 Å². The van der Waals surface area contributed by atoms with Gasteiger partial charge in [-0.25, -0.2) is 4.39 Å². The Kier molecular flexibility index (Phi) is 3.03. The van der Waals surface area contributed by atoms with Crippen LogP contribution in [0.5, 0.6) is 0 Å². The molecule has 1 aromatic rings. The molecule has 0 spiro atoms. The summed E-state index contributed by atoms with van der Waals surface area (Å²) in [5.74, 6) is -1.07. The number of thioether (sulfide) groups is 1. The average molecular weight is 265 g/mol. The summed E-state index contributed by atoms with van der Waals surface area (Å²) in [7, 11) is 0. The standard InChI is InChI=1S/C10H7F4NOS/c11-8-2-1-6(3-7(8)10(12,13)14)15-5-17-4-9(15)16/h1-3H,4-5H2. The lowest BCUT2D eigenvalue weighted by molar-refractivity contribution is -0.140. The minimum atomic E-state index is -4.75. The second-order valence-corrected chi connectivity index (χ2v) is 4.42. The molecule has 0 saturated carbocycles. The minimum absolute atomic E-state index is 0.0775. The number of nitrogens with zero attached hydrogens (tertiary/aromatic N) is 1. The summed E-state index contributed by atoms with van der Waals surface area (Å²) in [6.07, 6.45) is -4.75. The number of anilines is 1. The van der Waals surface area contributed by atoms with E-state index < -0.39 is 17.6 Å². The van der Waals surface area contributed by atoms with Crippen molar-refractivity contribution in [3.63, 3.8) is 0 Å². The quantitative estimate of drug-likeness (QED) is 0.728. The highest BCUT2D eigenvalue weighted by molar-refractivity contribution is 8.00. The second-order valence-electron chi connectivity index (χ2n) is 3.46. The molecule has 0 bridgehead atoms. The summed E-state index contributed by atoms with van der Waals surface area (Å²) >= 11 is 1.30. The van der Waals surface area contributed by atoms with Crippen molar-refractivity contribution in [3.05, 3.63) is 29.6 Å². The van der Waals surface area contributed by atoms with Crippen molar-refractivity contribution in [3.8, 4) is 0 Å². The zero-order valence-corrected chi connectivity index (χ0v) is 9.24. The number of alkyl halides is 3. The third-order valence-electron chi connectivity index (χ3n) is 2.31. The van der Waals surface area contributed by atoms with Gasteiger partial charge >= 0.3 is 6.18 Å². The Morgan fingerprint density at radius 1 is 1.29 bits per heavy atom. The van der Waals surface area contributed by atoms with Gasteiger partial charge in [-0.15, -0.1) is 11.8 Å². The maximum absolute atomic E-state index is 13.0. The summed E-state index contributed by atoms with van der Waals surface area (Å²) in [6, 6.07) is 2.57. The number of hydrogen-bond donors (Lipinski definition) is 0. The van der Waals surface area contributed by atoms with Gasteiger partial charge in [-0.1, -0.05) is 0 Å². The Bertz CT molecular complexity index is 460. The van der Waals surface area contributed by atoms with Gasteiger partial charge in [-0.3, -0.25) is 4.79 Å². The second kappa shape index (κ2) is 4.21. The molecule has 1 aliphatic rings. The highest BCUT2D eigenvalue weighted by atomic mass is 32.2. The summed E-state index contributed by atoms with van der Waals surface area (Å²) < 4.78 is 50.4. The van der Waals surface area contributed by atoms with Crippen LogP contribution in [0, 0.1) is 5.82 Å². The van der Waals surface area contributed by atoms with Crippen molar-refractivity contribution in [2.75, 3.05) is 16.5 Å². The van der Waals surface area contributed by atoms with Crippen molar-refractivity contribution in [1.82, 2.24) is 0 Å². The molecule has 0 aliphatic carbocycles. The first-order valence-corrected chi connectivity index (χ1v) is 5.80. The molecule has 0 atom stereocenters. The van der Waals surface area contributed by atoms with Gasteiger partial charge in [0.25, 0.3) is 0 Å². The molecule has 1 aromatic carbocycles. The van der Waals surface area contributed by atoms with Crippen LogP contribution in [0.25, 0.3) is 0 Å². The fourth-order valence-corrected chi connectivity index (χ4v) is 2.39. The van der Waals surface area contributed by atoms with Crippen LogP contribution in [0.1, 0.15) is 5.56 Å². The van der Waals surface area contributed by atoms with Gasteiger partial charge in [-0.05, 0) is 18.2 Å². The lowest BCUT2D eigenvalue weighted by Gasteiger charge is -2.17. The third-order valence-corrected chi connectivity index (χ3v) is 3.21. The highest BCUT2D eigenvalue weighted by Crippen LogP contribution is 2.35. The summed E-state index contributed by atoms with van der Waals surface area (Å²) in [5.41, 5.74) is -1.27. The third kappa shape index (κ3) is 2.38. The Morgan fingerprint density at radius 2 is 2.00 bits per heavy atom. The van der Waals surface area contributed by atoms with Crippen LogP contribution in [-0.4, -0.2) is 17.5 Å². The molecule has 2 rings (SSSR count). The predicted molar refractivity (Wildman–Crippen MR) is 56.2 cm³/mol. The molecular formula is C10H7F4NOS. The summed E-state index contributed by atoms with van der Waals surface area (Å²) in [4.78, 5) is 12.6. The van der Waals surface area contributed by atoms with E-state index in [4.69, 9.17) is 0 Å². The van der Waals surface area contributed by atoms with Crippen LogP contribution in [0.3, 0.4) is 0 Å². The van der Waals surface area contributed by atoms with Crippen molar-refractivity contribution in [1.29, 1.82) is 0 Å². The lowest BCUT2D eigenvalue weighted by atomic mass is 10.1. The molecular weight excluding hydrogens is 258 g/mol. The Labute approximate surface area is 98.6 Å². The maximum atomic E-state index is 13.0. The molecule has 92 valence electrons. The average Bonchev–Trinajstić information content (AvgIpc) is 2.63. The van der Waals surface area contributed by atoms with Crippen LogP contribution < -0.4 is 4.90 Å². The molecule has 7 heteroatoms.